The van der Waals surface area contributed by atoms with Crippen molar-refractivity contribution in [1.29, 1.82) is 0 Å². The van der Waals surface area contributed by atoms with Crippen LogP contribution in [0.5, 0.6) is 5.75 Å². The first-order valence-corrected chi connectivity index (χ1v) is 9.53. The number of carbonyl (C=O) groups excluding carboxylic acids is 2. The van der Waals surface area contributed by atoms with E-state index in [1.165, 1.54) is 17.1 Å². The summed E-state index contributed by atoms with van der Waals surface area (Å²) in [6.45, 7) is 5.09. The number of pyridine rings is 2. The van der Waals surface area contributed by atoms with Gasteiger partial charge in [-0.05, 0) is 26.0 Å². The number of ether oxygens (including phenoxy) is 1. The molecule has 3 heterocycles. The van der Waals surface area contributed by atoms with Crippen LogP contribution in [0.4, 0.5) is 0 Å². The number of likely N-dealkylation sites (N-methyl/N-ethyl adjacent to an activating group) is 1. The van der Waals surface area contributed by atoms with Crippen molar-refractivity contribution >= 4 is 22.8 Å². The lowest BCUT2D eigenvalue weighted by molar-refractivity contribution is -0.131. The highest BCUT2D eigenvalue weighted by Crippen LogP contribution is 2.24. The van der Waals surface area contributed by atoms with Gasteiger partial charge in [-0.1, -0.05) is 0 Å². The molecule has 0 radical (unpaired) electrons. The maximum Gasteiger partial charge on any atom is 0.265 e. The molecule has 11 heteroatoms. The number of fused-ring (bicyclic) bond motifs is 1. The summed E-state index contributed by atoms with van der Waals surface area (Å²) in [5, 5.41) is 8.41. The van der Waals surface area contributed by atoms with Crippen molar-refractivity contribution in [2.45, 2.75) is 26.9 Å². The number of rotatable bonds is 9. The Bertz CT molecular complexity index is 1100. The second kappa shape index (κ2) is 9.16. The highest BCUT2D eigenvalue weighted by molar-refractivity contribution is 5.97. The fourth-order valence-electron chi connectivity index (χ4n) is 3.10. The van der Waals surface area contributed by atoms with E-state index in [-0.39, 0.29) is 30.3 Å². The molecule has 2 amide bonds. The Morgan fingerprint density at radius 1 is 1.17 bits per heavy atom. The molecule has 3 aromatic heterocycles. The summed E-state index contributed by atoms with van der Waals surface area (Å²) in [5.41, 5.74) is 4.74. The number of amides is 2. The predicted molar refractivity (Wildman–Crippen MR) is 108 cm³/mol. The summed E-state index contributed by atoms with van der Waals surface area (Å²) in [5.74, 6) is -0.747. The summed E-state index contributed by atoms with van der Waals surface area (Å²) in [7, 11) is 0. The van der Waals surface area contributed by atoms with Crippen molar-refractivity contribution in [3.05, 3.63) is 46.6 Å². The van der Waals surface area contributed by atoms with Crippen molar-refractivity contribution in [3.8, 4) is 5.75 Å². The van der Waals surface area contributed by atoms with Gasteiger partial charge in [-0.25, -0.2) is 4.98 Å². The van der Waals surface area contributed by atoms with Gasteiger partial charge in [-0.3, -0.25) is 19.0 Å². The third-order valence-corrected chi connectivity index (χ3v) is 4.64. The van der Waals surface area contributed by atoms with Crippen LogP contribution >= 0.6 is 0 Å². The van der Waals surface area contributed by atoms with Crippen molar-refractivity contribution < 1.29 is 14.3 Å². The van der Waals surface area contributed by atoms with Gasteiger partial charge in [0, 0.05) is 19.3 Å². The van der Waals surface area contributed by atoms with Gasteiger partial charge in [-0.15, -0.1) is 0 Å². The van der Waals surface area contributed by atoms with Crippen LogP contribution in [0, 0.1) is 0 Å². The monoisotopic (exact) mass is 413 g/mol. The van der Waals surface area contributed by atoms with Gasteiger partial charge < -0.3 is 15.4 Å². The van der Waals surface area contributed by atoms with Crippen LogP contribution in [-0.4, -0.2) is 61.0 Å². The number of aromatic nitrogens is 5. The van der Waals surface area contributed by atoms with Gasteiger partial charge in [0.1, 0.15) is 30.1 Å². The van der Waals surface area contributed by atoms with Crippen molar-refractivity contribution in [1.82, 2.24) is 29.4 Å². The predicted octanol–water partition coefficient (Wildman–Crippen LogP) is 0.0343. The Labute approximate surface area is 172 Å². The molecule has 0 saturated carbocycles. The molecule has 3 rings (SSSR count). The fraction of sp³-hybridized carbons (Fsp3) is 0.368. The van der Waals surface area contributed by atoms with Crippen molar-refractivity contribution in [2.75, 3.05) is 19.7 Å². The second-order valence-corrected chi connectivity index (χ2v) is 6.40. The molecule has 3 aromatic rings. The van der Waals surface area contributed by atoms with Gasteiger partial charge in [-0.2, -0.15) is 15.0 Å². The SMILES string of the molecule is CCN(CC)C(=O)Cn1c(=O)c(C(N)=O)cc2c(OCCn3nccn3)ccnc21. The Hall–Kier alpha value is -3.76. The van der Waals surface area contributed by atoms with Gasteiger partial charge in [0.25, 0.3) is 11.5 Å². The molecular weight excluding hydrogens is 390 g/mol. The minimum absolute atomic E-state index is 0.235. The normalized spacial score (nSPS) is 10.9. The van der Waals surface area contributed by atoms with E-state index in [1.54, 1.807) is 23.4 Å². The molecule has 0 spiro atoms. The maximum absolute atomic E-state index is 12.8. The maximum atomic E-state index is 12.8. The number of hydrogen-bond donors (Lipinski definition) is 1. The molecule has 30 heavy (non-hydrogen) atoms. The molecule has 11 nitrogen and oxygen atoms in total. The zero-order valence-corrected chi connectivity index (χ0v) is 16.8. The van der Waals surface area contributed by atoms with E-state index in [1.807, 2.05) is 13.8 Å². The lowest BCUT2D eigenvalue weighted by atomic mass is 10.1. The van der Waals surface area contributed by atoms with Gasteiger partial charge in [0.15, 0.2) is 0 Å². The topological polar surface area (TPSA) is 138 Å². The minimum atomic E-state index is -0.888. The standard InChI is InChI=1S/C19H23N7O4/c1-3-24(4-2)16(27)12-25-18-13(11-14(17(20)28)19(25)29)15(5-6-21-18)30-10-9-26-22-7-8-23-26/h5-8,11H,3-4,9-10,12H2,1-2H3,(H2,20,28). The quantitative estimate of drug-likeness (QED) is 0.522. The molecule has 0 aliphatic heterocycles. The zero-order valence-electron chi connectivity index (χ0n) is 16.8. The van der Waals surface area contributed by atoms with Crippen molar-refractivity contribution in [2.24, 2.45) is 5.73 Å². The molecule has 158 valence electrons. The highest BCUT2D eigenvalue weighted by atomic mass is 16.5. The lowest BCUT2D eigenvalue weighted by Gasteiger charge is -2.20. The lowest BCUT2D eigenvalue weighted by Crippen LogP contribution is -2.38. The summed E-state index contributed by atoms with van der Waals surface area (Å²) in [6, 6.07) is 2.97. The van der Waals surface area contributed by atoms with Crippen LogP contribution in [0.2, 0.25) is 0 Å². The summed E-state index contributed by atoms with van der Waals surface area (Å²) in [4.78, 5) is 44.6. The van der Waals surface area contributed by atoms with Crippen LogP contribution in [0.15, 0.2) is 35.5 Å². The first-order valence-electron chi connectivity index (χ1n) is 9.53. The molecule has 0 saturated heterocycles. The Morgan fingerprint density at radius 2 is 1.87 bits per heavy atom. The molecule has 0 aliphatic carbocycles. The number of nitrogens with two attached hydrogens (primary N) is 1. The summed E-state index contributed by atoms with van der Waals surface area (Å²) in [6.07, 6.45) is 4.60. The van der Waals surface area contributed by atoms with E-state index in [0.717, 1.165) is 4.57 Å². The second-order valence-electron chi connectivity index (χ2n) is 6.40. The molecule has 0 atom stereocenters. The van der Waals surface area contributed by atoms with Crippen LogP contribution < -0.4 is 16.0 Å². The number of hydrogen-bond acceptors (Lipinski definition) is 7. The third-order valence-electron chi connectivity index (χ3n) is 4.64. The van der Waals surface area contributed by atoms with Crippen LogP contribution in [0.3, 0.4) is 0 Å². The van der Waals surface area contributed by atoms with Gasteiger partial charge in [0.2, 0.25) is 5.91 Å². The summed E-state index contributed by atoms with van der Waals surface area (Å²) < 4.78 is 6.98. The third kappa shape index (κ3) is 4.29. The minimum Gasteiger partial charge on any atom is -0.491 e. The Kier molecular flexibility index (Phi) is 6.40. The Morgan fingerprint density at radius 3 is 2.50 bits per heavy atom. The van der Waals surface area contributed by atoms with Crippen LogP contribution in [0.1, 0.15) is 24.2 Å². The molecule has 2 N–H and O–H groups in total. The van der Waals surface area contributed by atoms with E-state index in [0.29, 0.717) is 30.8 Å². The van der Waals surface area contributed by atoms with Crippen LogP contribution in [-0.2, 0) is 17.9 Å². The first-order chi connectivity index (χ1) is 14.5. The van der Waals surface area contributed by atoms with E-state index >= 15 is 0 Å². The fourth-order valence-corrected chi connectivity index (χ4v) is 3.10. The number of nitrogens with zero attached hydrogens (tertiary/aromatic N) is 6. The highest BCUT2D eigenvalue weighted by Gasteiger charge is 2.20. The molecular formula is C19H23N7O4. The first kappa shape index (κ1) is 21.0. The van der Waals surface area contributed by atoms with E-state index in [4.69, 9.17) is 10.5 Å². The Balaban J connectivity index is 2.02. The van der Waals surface area contributed by atoms with E-state index < -0.39 is 11.5 Å². The van der Waals surface area contributed by atoms with Crippen LogP contribution in [0.25, 0.3) is 11.0 Å². The van der Waals surface area contributed by atoms with Gasteiger partial charge >= 0.3 is 0 Å². The number of primary amides is 1. The number of carbonyl (C=O) groups is 2. The van der Waals surface area contributed by atoms with E-state index in [2.05, 4.69) is 15.2 Å². The molecule has 0 aliphatic rings. The largest absolute Gasteiger partial charge is 0.491 e. The summed E-state index contributed by atoms with van der Waals surface area (Å²) >= 11 is 0. The molecule has 0 fully saturated rings. The van der Waals surface area contributed by atoms with Crippen molar-refractivity contribution in [3.63, 3.8) is 0 Å². The van der Waals surface area contributed by atoms with Gasteiger partial charge in [0.05, 0.1) is 24.3 Å². The smallest absolute Gasteiger partial charge is 0.265 e. The molecule has 0 bridgehead atoms. The average Bonchev–Trinajstić information content (AvgIpc) is 3.24. The van der Waals surface area contributed by atoms with E-state index in [9.17, 15) is 14.4 Å². The zero-order chi connectivity index (χ0) is 21.7. The average molecular weight is 413 g/mol. The molecule has 0 aromatic carbocycles. The molecule has 0 unspecified atom stereocenters.